The lowest BCUT2D eigenvalue weighted by Gasteiger charge is -2.35. The van der Waals surface area contributed by atoms with Crippen LogP contribution in [0.3, 0.4) is 0 Å². The molecule has 0 aliphatic carbocycles. The van der Waals surface area contributed by atoms with Crippen LogP contribution in [0.15, 0.2) is 0 Å². The topological polar surface area (TPSA) is 112 Å². The Morgan fingerprint density at radius 1 is 0.605 bits per heavy atom. The van der Waals surface area contributed by atoms with Crippen LogP contribution < -0.4 is 0 Å². The van der Waals surface area contributed by atoms with Crippen molar-refractivity contribution in [3.05, 3.63) is 0 Å². The number of carbonyl (C=O) groups excluding carboxylic acids is 3. The Bertz CT molecular complexity index is 700. The van der Waals surface area contributed by atoms with Gasteiger partial charge in [0.2, 0.25) is 5.60 Å². The number of aliphatic hydroxyl groups is 3. The zero-order valence-electron chi connectivity index (χ0n) is 26.0. The zero-order valence-corrected chi connectivity index (χ0v) is 26.0. The molecule has 6 unspecified atom stereocenters. The highest BCUT2D eigenvalue weighted by atomic mass is 16.4. The third-order valence-electron chi connectivity index (χ3n) is 7.93. The second kappa shape index (κ2) is 18.3. The lowest BCUT2D eigenvalue weighted by molar-refractivity contribution is -0.177. The maximum atomic E-state index is 13.5. The van der Waals surface area contributed by atoms with E-state index in [0.717, 1.165) is 44.9 Å². The molecule has 0 heterocycles. The van der Waals surface area contributed by atoms with Gasteiger partial charge in [-0.1, -0.05) is 107 Å². The van der Waals surface area contributed by atoms with Crippen molar-refractivity contribution < 1.29 is 29.7 Å². The molecule has 0 aromatic carbocycles. The zero-order chi connectivity index (χ0) is 29.6. The summed E-state index contributed by atoms with van der Waals surface area (Å²) in [5.74, 6) is -1.74. The summed E-state index contributed by atoms with van der Waals surface area (Å²) < 4.78 is 0. The minimum atomic E-state index is -2.80. The molecule has 3 N–H and O–H groups in total. The summed E-state index contributed by atoms with van der Waals surface area (Å²) in [6.07, 6.45) is 3.59. The van der Waals surface area contributed by atoms with Gasteiger partial charge in [0.05, 0.1) is 0 Å². The second-order valence-corrected chi connectivity index (χ2v) is 13.3. The Kier molecular flexibility index (Phi) is 17.7. The number of rotatable bonds is 22. The van der Waals surface area contributed by atoms with Crippen LogP contribution in [0.25, 0.3) is 0 Å². The quantitative estimate of drug-likeness (QED) is 0.139. The summed E-state index contributed by atoms with van der Waals surface area (Å²) in [7, 11) is 0. The molecule has 6 heteroatoms. The number of hydrogen-bond acceptors (Lipinski definition) is 6. The highest BCUT2D eigenvalue weighted by Gasteiger charge is 2.54. The van der Waals surface area contributed by atoms with Gasteiger partial charge in [0.25, 0.3) is 0 Å². The van der Waals surface area contributed by atoms with Crippen molar-refractivity contribution in [3.63, 3.8) is 0 Å². The second-order valence-electron chi connectivity index (χ2n) is 13.3. The first kappa shape index (κ1) is 36.9. The Balaban J connectivity index is 5.68. The van der Waals surface area contributed by atoms with Crippen molar-refractivity contribution in [2.24, 2.45) is 35.5 Å². The average molecular weight is 541 g/mol. The Morgan fingerprint density at radius 2 is 1.03 bits per heavy atom. The monoisotopic (exact) mass is 540 g/mol. The molecule has 6 nitrogen and oxygen atoms in total. The molecule has 0 saturated carbocycles. The molecule has 0 amide bonds. The standard InChI is InChI=1S/C32H60O6/c1-21(2)13-10-16-24(7)19-20-27(33)32(38,30(36)26(9)18-12-15-23(5)6)31(37)29(35)28(34)25(8)17-11-14-22(3)4/h21-26,29,31,35,37-38H,10-20H2,1-9H3. The number of aliphatic hydroxyl groups excluding tert-OH is 2. The molecule has 38 heavy (non-hydrogen) atoms. The van der Waals surface area contributed by atoms with Crippen LogP contribution in [0.1, 0.15) is 133 Å². The van der Waals surface area contributed by atoms with Crippen LogP contribution in [0.5, 0.6) is 0 Å². The van der Waals surface area contributed by atoms with E-state index in [9.17, 15) is 29.7 Å². The summed E-state index contributed by atoms with van der Waals surface area (Å²) in [6.45, 7) is 18.1. The minimum absolute atomic E-state index is 0.0916. The van der Waals surface area contributed by atoms with Crippen LogP contribution >= 0.6 is 0 Å². The van der Waals surface area contributed by atoms with Gasteiger partial charge in [-0.15, -0.1) is 0 Å². The Labute approximate surface area is 233 Å². The van der Waals surface area contributed by atoms with Crippen LogP contribution in [0.2, 0.25) is 0 Å². The van der Waals surface area contributed by atoms with E-state index in [-0.39, 0.29) is 12.3 Å². The SMILES string of the molecule is CC(C)CCCC(C)CCC(=O)C(O)(C(=O)C(C)CCCC(C)C)C(O)C(O)C(=O)C(C)CCCC(C)C. The fourth-order valence-electron chi connectivity index (χ4n) is 5.02. The molecule has 0 bridgehead atoms. The van der Waals surface area contributed by atoms with Gasteiger partial charge in [0, 0.05) is 18.3 Å². The molecule has 0 fully saturated rings. The first-order valence-corrected chi connectivity index (χ1v) is 15.2. The maximum absolute atomic E-state index is 13.5. The van der Waals surface area contributed by atoms with E-state index >= 15 is 0 Å². The molecule has 0 aromatic rings. The lowest BCUT2D eigenvalue weighted by atomic mass is 9.75. The molecule has 0 aliphatic heterocycles. The van der Waals surface area contributed by atoms with Gasteiger partial charge in [0.1, 0.15) is 12.2 Å². The summed E-state index contributed by atoms with van der Waals surface area (Å²) in [5.41, 5.74) is -2.80. The van der Waals surface area contributed by atoms with Gasteiger partial charge in [0.15, 0.2) is 17.3 Å². The maximum Gasteiger partial charge on any atom is 0.210 e. The predicted molar refractivity (Wildman–Crippen MR) is 155 cm³/mol. The number of ketones is 3. The molecule has 6 atom stereocenters. The molecule has 224 valence electrons. The first-order chi connectivity index (χ1) is 17.5. The highest BCUT2D eigenvalue weighted by Crippen LogP contribution is 2.29. The molecule has 0 aliphatic rings. The van der Waals surface area contributed by atoms with E-state index < -0.39 is 47.0 Å². The van der Waals surface area contributed by atoms with E-state index in [1.54, 1.807) is 13.8 Å². The summed E-state index contributed by atoms with van der Waals surface area (Å²) in [6, 6.07) is 0. The lowest BCUT2D eigenvalue weighted by Crippen LogP contribution is -2.63. The summed E-state index contributed by atoms with van der Waals surface area (Å²) >= 11 is 0. The van der Waals surface area contributed by atoms with Gasteiger partial charge in [-0.3, -0.25) is 14.4 Å². The van der Waals surface area contributed by atoms with Crippen molar-refractivity contribution >= 4 is 17.3 Å². The van der Waals surface area contributed by atoms with Crippen molar-refractivity contribution in [2.75, 3.05) is 0 Å². The van der Waals surface area contributed by atoms with Crippen LogP contribution in [-0.4, -0.2) is 50.5 Å². The third kappa shape index (κ3) is 12.8. The van der Waals surface area contributed by atoms with Gasteiger partial charge < -0.3 is 15.3 Å². The van der Waals surface area contributed by atoms with Gasteiger partial charge in [-0.25, -0.2) is 0 Å². The van der Waals surface area contributed by atoms with E-state index in [4.69, 9.17) is 0 Å². The molecule has 0 rings (SSSR count). The number of Topliss-reactive ketones (excluding diaryl/α,β-unsaturated/α-hetero) is 3. The summed E-state index contributed by atoms with van der Waals surface area (Å²) in [5, 5.41) is 33.4. The molecule has 0 saturated heterocycles. The van der Waals surface area contributed by atoms with E-state index in [1.807, 2.05) is 6.92 Å². The van der Waals surface area contributed by atoms with Crippen molar-refractivity contribution in [1.82, 2.24) is 0 Å². The van der Waals surface area contributed by atoms with Crippen LogP contribution in [0.4, 0.5) is 0 Å². The molecular weight excluding hydrogens is 480 g/mol. The Hall–Kier alpha value is -1.11. The fourth-order valence-corrected chi connectivity index (χ4v) is 5.02. The molecule has 0 spiro atoms. The average Bonchev–Trinajstić information content (AvgIpc) is 2.83. The smallest absolute Gasteiger partial charge is 0.210 e. The first-order valence-electron chi connectivity index (χ1n) is 15.2. The highest BCUT2D eigenvalue weighted by molar-refractivity contribution is 6.12. The van der Waals surface area contributed by atoms with Crippen molar-refractivity contribution in [1.29, 1.82) is 0 Å². The van der Waals surface area contributed by atoms with E-state index in [1.165, 1.54) is 0 Å². The predicted octanol–water partition coefficient (Wildman–Crippen LogP) is 6.31. The van der Waals surface area contributed by atoms with Gasteiger partial charge in [-0.05, 0) is 42.9 Å². The van der Waals surface area contributed by atoms with Crippen molar-refractivity contribution in [3.8, 4) is 0 Å². The van der Waals surface area contributed by atoms with Gasteiger partial charge in [-0.2, -0.15) is 0 Å². The fraction of sp³-hybridized carbons (Fsp3) is 0.906. The summed E-state index contributed by atoms with van der Waals surface area (Å²) in [4.78, 5) is 39.9. The number of carbonyl (C=O) groups is 3. The van der Waals surface area contributed by atoms with Crippen LogP contribution in [0, 0.1) is 35.5 Å². The van der Waals surface area contributed by atoms with E-state index in [0.29, 0.717) is 37.0 Å². The normalized spacial score (nSPS) is 17.8. The van der Waals surface area contributed by atoms with Gasteiger partial charge >= 0.3 is 0 Å². The largest absolute Gasteiger partial charge is 0.386 e. The van der Waals surface area contributed by atoms with E-state index in [2.05, 4.69) is 41.5 Å². The molecule has 0 radical (unpaired) electrons. The Morgan fingerprint density at radius 3 is 1.47 bits per heavy atom. The molecule has 0 aromatic heterocycles. The minimum Gasteiger partial charge on any atom is -0.386 e. The third-order valence-corrected chi connectivity index (χ3v) is 7.93. The van der Waals surface area contributed by atoms with Crippen molar-refractivity contribution in [2.45, 2.75) is 151 Å². The molecular formula is C32H60O6. The number of hydrogen-bond donors (Lipinski definition) is 3. The van der Waals surface area contributed by atoms with Crippen LogP contribution in [-0.2, 0) is 14.4 Å².